The van der Waals surface area contributed by atoms with Crippen LogP contribution in [0.5, 0.6) is 0 Å². The second-order valence-electron chi connectivity index (χ2n) is 6.13. The third-order valence-electron chi connectivity index (χ3n) is 4.64. The molecule has 19 heavy (non-hydrogen) atoms. The molecule has 0 aliphatic heterocycles. The van der Waals surface area contributed by atoms with Crippen molar-refractivity contribution in [3.8, 4) is 0 Å². The maximum absolute atomic E-state index is 11.9. The van der Waals surface area contributed by atoms with Gasteiger partial charge in [0.2, 0.25) is 0 Å². The first-order valence-electron chi connectivity index (χ1n) is 7.90. The Morgan fingerprint density at radius 1 is 1.32 bits per heavy atom. The Morgan fingerprint density at radius 2 is 2.05 bits per heavy atom. The number of esters is 1. The van der Waals surface area contributed by atoms with Crippen molar-refractivity contribution < 1.29 is 14.6 Å². The van der Waals surface area contributed by atoms with Crippen LogP contribution in [0.1, 0.15) is 65.7 Å². The molecule has 0 heterocycles. The van der Waals surface area contributed by atoms with Crippen molar-refractivity contribution in [1.82, 2.24) is 0 Å². The standard InChI is InChI=1S/C16H30O3/c1-4-12(3)14(5-2)10-16(18)19-11-13-7-6-8-15(17)9-13/h12-15,17H,4-11H2,1-3H3. The first-order chi connectivity index (χ1) is 9.06. The molecule has 1 N–H and O–H groups in total. The molecule has 1 aliphatic rings. The zero-order valence-electron chi connectivity index (χ0n) is 12.7. The van der Waals surface area contributed by atoms with E-state index in [-0.39, 0.29) is 12.1 Å². The minimum atomic E-state index is -0.194. The summed E-state index contributed by atoms with van der Waals surface area (Å²) in [4.78, 5) is 11.9. The highest BCUT2D eigenvalue weighted by Crippen LogP contribution is 2.26. The molecule has 0 spiro atoms. The lowest BCUT2D eigenvalue weighted by Crippen LogP contribution is -2.25. The lowest BCUT2D eigenvalue weighted by Gasteiger charge is -2.26. The van der Waals surface area contributed by atoms with E-state index in [9.17, 15) is 9.90 Å². The molecular formula is C16H30O3. The van der Waals surface area contributed by atoms with Gasteiger partial charge in [-0.3, -0.25) is 4.79 Å². The van der Waals surface area contributed by atoms with E-state index in [0.717, 1.165) is 38.5 Å². The molecule has 0 aromatic heterocycles. The molecule has 1 rings (SSSR count). The summed E-state index contributed by atoms with van der Waals surface area (Å²) in [5, 5.41) is 9.59. The van der Waals surface area contributed by atoms with E-state index in [1.54, 1.807) is 0 Å². The SMILES string of the molecule is CCC(C)C(CC)CC(=O)OCC1CCCC(O)C1. The largest absolute Gasteiger partial charge is 0.465 e. The van der Waals surface area contributed by atoms with Crippen molar-refractivity contribution in [2.24, 2.45) is 17.8 Å². The molecule has 1 aliphatic carbocycles. The Morgan fingerprint density at radius 3 is 2.63 bits per heavy atom. The molecule has 0 aromatic carbocycles. The predicted octanol–water partition coefficient (Wildman–Crippen LogP) is 3.54. The van der Waals surface area contributed by atoms with E-state index in [0.29, 0.717) is 30.8 Å². The van der Waals surface area contributed by atoms with Gasteiger partial charge < -0.3 is 9.84 Å². The predicted molar refractivity (Wildman–Crippen MR) is 76.8 cm³/mol. The van der Waals surface area contributed by atoms with Crippen LogP contribution in [0.4, 0.5) is 0 Å². The van der Waals surface area contributed by atoms with Crippen LogP contribution >= 0.6 is 0 Å². The summed E-state index contributed by atoms with van der Waals surface area (Å²) in [5.41, 5.74) is 0. The highest BCUT2D eigenvalue weighted by molar-refractivity contribution is 5.69. The van der Waals surface area contributed by atoms with Crippen LogP contribution in [0.25, 0.3) is 0 Å². The van der Waals surface area contributed by atoms with E-state index in [1.165, 1.54) is 0 Å². The Hall–Kier alpha value is -0.570. The van der Waals surface area contributed by atoms with Crippen LogP contribution in [-0.2, 0) is 9.53 Å². The van der Waals surface area contributed by atoms with Gasteiger partial charge in [0, 0.05) is 6.42 Å². The second kappa shape index (κ2) is 8.57. The van der Waals surface area contributed by atoms with Crippen molar-refractivity contribution in [3.05, 3.63) is 0 Å². The maximum Gasteiger partial charge on any atom is 0.306 e. The van der Waals surface area contributed by atoms with Gasteiger partial charge in [0.05, 0.1) is 12.7 Å². The highest BCUT2D eigenvalue weighted by atomic mass is 16.5. The topological polar surface area (TPSA) is 46.5 Å². The van der Waals surface area contributed by atoms with E-state index < -0.39 is 0 Å². The fourth-order valence-corrected chi connectivity index (χ4v) is 2.98. The van der Waals surface area contributed by atoms with E-state index in [4.69, 9.17) is 4.74 Å². The van der Waals surface area contributed by atoms with Crippen LogP contribution in [0.3, 0.4) is 0 Å². The minimum Gasteiger partial charge on any atom is -0.465 e. The maximum atomic E-state index is 11.9. The summed E-state index contributed by atoms with van der Waals surface area (Å²) >= 11 is 0. The van der Waals surface area contributed by atoms with Crippen molar-refractivity contribution in [3.63, 3.8) is 0 Å². The normalized spacial score (nSPS) is 26.7. The molecule has 1 fully saturated rings. The highest BCUT2D eigenvalue weighted by Gasteiger charge is 2.23. The number of carbonyl (C=O) groups excluding carboxylic acids is 1. The number of ether oxygens (including phenoxy) is 1. The Kier molecular flexibility index (Phi) is 7.44. The fourth-order valence-electron chi connectivity index (χ4n) is 2.98. The number of aliphatic hydroxyl groups is 1. The summed E-state index contributed by atoms with van der Waals surface area (Å²) in [7, 11) is 0. The van der Waals surface area contributed by atoms with Gasteiger partial charge in [-0.15, -0.1) is 0 Å². The summed E-state index contributed by atoms with van der Waals surface area (Å²) in [5.74, 6) is 1.31. The minimum absolute atomic E-state index is 0.0628. The molecule has 3 heteroatoms. The second-order valence-corrected chi connectivity index (χ2v) is 6.13. The Balaban J connectivity index is 2.26. The number of hydrogen-bond donors (Lipinski definition) is 1. The average Bonchev–Trinajstić information content (AvgIpc) is 2.41. The van der Waals surface area contributed by atoms with Gasteiger partial charge in [0.25, 0.3) is 0 Å². The molecule has 4 atom stereocenters. The third kappa shape index (κ3) is 5.94. The van der Waals surface area contributed by atoms with Crippen molar-refractivity contribution in [2.75, 3.05) is 6.61 Å². The first kappa shape index (κ1) is 16.5. The summed E-state index contributed by atoms with van der Waals surface area (Å²) < 4.78 is 5.41. The lowest BCUT2D eigenvalue weighted by molar-refractivity contribution is -0.147. The number of hydrogen-bond acceptors (Lipinski definition) is 3. The third-order valence-corrected chi connectivity index (χ3v) is 4.64. The average molecular weight is 270 g/mol. The van der Waals surface area contributed by atoms with Gasteiger partial charge >= 0.3 is 5.97 Å². The molecular weight excluding hydrogens is 240 g/mol. The monoisotopic (exact) mass is 270 g/mol. The van der Waals surface area contributed by atoms with Crippen LogP contribution in [-0.4, -0.2) is 23.8 Å². The van der Waals surface area contributed by atoms with Crippen LogP contribution in [0.2, 0.25) is 0 Å². The number of carbonyl (C=O) groups is 1. The molecule has 3 nitrogen and oxygen atoms in total. The Labute approximate surface area is 117 Å². The molecule has 0 radical (unpaired) electrons. The van der Waals surface area contributed by atoms with Crippen molar-refractivity contribution >= 4 is 5.97 Å². The van der Waals surface area contributed by atoms with Crippen LogP contribution in [0.15, 0.2) is 0 Å². The molecule has 0 amide bonds. The van der Waals surface area contributed by atoms with Gasteiger partial charge in [-0.05, 0) is 37.0 Å². The van der Waals surface area contributed by atoms with Gasteiger partial charge in [-0.25, -0.2) is 0 Å². The Bertz CT molecular complexity index is 265. The smallest absolute Gasteiger partial charge is 0.306 e. The van der Waals surface area contributed by atoms with Gasteiger partial charge in [-0.2, -0.15) is 0 Å². The number of rotatable bonds is 7. The molecule has 0 saturated heterocycles. The summed E-state index contributed by atoms with van der Waals surface area (Å²) in [6.07, 6.45) is 6.31. The van der Waals surface area contributed by atoms with E-state index in [2.05, 4.69) is 20.8 Å². The molecule has 4 unspecified atom stereocenters. The molecule has 1 saturated carbocycles. The van der Waals surface area contributed by atoms with Crippen molar-refractivity contribution in [2.45, 2.75) is 71.8 Å². The molecule has 112 valence electrons. The summed E-state index contributed by atoms with van der Waals surface area (Å²) in [6.45, 7) is 7.01. The van der Waals surface area contributed by atoms with Crippen molar-refractivity contribution in [1.29, 1.82) is 0 Å². The lowest BCUT2D eigenvalue weighted by atomic mass is 9.87. The van der Waals surface area contributed by atoms with Gasteiger partial charge in [-0.1, -0.05) is 40.0 Å². The van der Waals surface area contributed by atoms with Gasteiger partial charge in [0.15, 0.2) is 0 Å². The van der Waals surface area contributed by atoms with Gasteiger partial charge in [0.1, 0.15) is 0 Å². The van der Waals surface area contributed by atoms with E-state index >= 15 is 0 Å². The summed E-state index contributed by atoms with van der Waals surface area (Å²) in [6, 6.07) is 0. The zero-order valence-corrected chi connectivity index (χ0v) is 12.7. The van der Waals surface area contributed by atoms with Crippen LogP contribution in [0, 0.1) is 17.8 Å². The first-order valence-corrected chi connectivity index (χ1v) is 7.90. The molecule has 0 bridgehead atoms. The van der Waals surface area contributed by atoms with Crippen LogP contribution < -0.4 is 0 Å². The molecule has 0 aromatic rings. The van der Waals surface area contributed by atoms with E-state index in [1.807, 2.05) is 0 Å². The quantitative estimate of drug-likeness (QED) is 0.720. The number of aliphatic hydroxyl groups excluding tert-OH is 1. The zero-order chi connectivity index (χ0) is 14.3. The fraction of sp³-hybridized carbons (Fsp3) is 0.938.